The quantitative estimate of drug-likeness (QED) is 0.479. The van der Waals surface area contributed by atoms with Gasteiger partial charge in [-0.1, -0.05) is 29.3 Å². The van der Waals surface area contributed by atoms with E-state index in [0.717, 1.165) is 11.1 Å². The molecule has 10 heavy (non-hydrogen) atoms. The van der Waals surface area contributed by atoms with E-state index in [0.29, 0.717) is 0 Å². The van der Waals surface area contributed by atoms with Gasteiger partial charge in [-0.2, -0.15) is 0 Å². The molecule has 0 heterocycles. The minimum atomic E-state index is 0.151. The lowest BCUT2D eigenvalue weighted by Gasteiger charge is -1.97. The van der Waals surface area contributed by atoms with Crippen LogP contribution in [0.3, 0.4) is 0 Å². The SMILES string of the molecule is [2H]c1cc(C)c(C)c([2H])c1[N+]#[C-]. The molecule has 0 aliphatic rings. The van der Waals surface area contributed by atoms with Gasteiger partial charge < -0.3 is 0 Å². The van der Waals surface area contributed by atoms with Crippen LogP contribution in [-0.4, -0.2) is 0 Å². The summed E-state index contributed by atoms with van der Waals surface area (Å²) >= 11 is 0. The molecular formula is C9H9N. The van der Waals surface area contributed by atoms with E-state index < -0.39 is 0 Å². The molecule has 0 atom stereocenters. The fourth-order valence-electron chi connectivity index (χ4n) is 0.657. The van der Waals surface area contributed by atoms with Gasteiger partial charge >= 0.3 is 0 Å². The van der Waals surface area contributed by atoms with Crippen LogP contribution in [0.15, 0.2) is 18.2 Å². The van der Waals surface area contributed by atoms with Crippen molar-refractivity contribution in [2.75, 3.05) is 0 Å². The molecule has 1 nitrogen and oxygen atoms in total. The topological polar surface area (TPSA) is 4.36 Å². The number of benzene rings is 1. The van der Waals surface area contributed by atoms with E-state index in [9.17, 15) is 0 Å². The lowest BCUT2D eigenvalue weighted by Crippen LogP contribution is -1.76. The van der Waals surface area contributed by atoms with E-state index in [1.54, 1.807) is 13.0 Å². The highest BCUT2D eigenvalue weighted by molar-refractivity contribution is 5.48. The Labute approximate surface area is 63.9 Å². The first kappa shape index (κ1) is 4.51. The highest BCUT2D eigenvalue weighted by atomic mass is 14.6. The molecule has 0 radical (unpaired) electrons. The van der Waals surface area contributed by atoms with Crippen molar-refractivity contribution in [3.63, 3.8) is 0 Å². The Balaban J connectivity index is 3.54. The van der Waals surface area contributed by atoms with Gasteiger partial charge in [0.2, 0.25) is 0 Å². The van der Waals surface area contributed by atoms with E-state index in [1.165, 1.54) is 0 Å². The standard InChI is InChI=1S/C9H9N/c1-7-4-5-9(10-3)6-8(7)2/h4-6H,1-2H3/i5D,6D. The first-order valence-electron chi connectivity index (χ1n) is 4.02. The summed E-state index contributed by atoms with van der Waals surface area (Å²) in [7, 11) is 0. The van der Waals surface area contributed by atoms with Crippen LogP contribution in [-0.2, 0) is 0 Å². The third-order valence-electron chi connectivity index (χ3n) is 1.43. The number of rotatable bonds is 0. The second kappa shape index (κ2) is 2.53. The number of hydrogen-bond acceptors (Lipinski definition) is 0. The van der Waals surface area contributed by atoms with Crippen molar-refractivity contribution in [1.82, 2.24) is 0 Å². The van der Waals surface area contributed by atoms with E-state index in [4.69, 9.17) is 9.31 Å². The smallest absolute Gasteiger partial charge is 0.187 e. The van der Waals surface area contributed by atoms with Crippen LogP contribution >= 0.6 is 0 Å². The summed E-state index contributed by atoms with van der Waals surface area (Å²) in [6, 6.07) is 1.97. The third-order valence-corrected chi connectivity index (χ3v) is 1.43. The van der Waals surface area contributed by atoms with Gasteiger partial charge in [0, 0.05) is 2.74 Å². The molecule has 0 amide bonds. The molecule has 1 rings (SSSR count). The second-order valence-corrected chi connectivity index (χ2v) is 2.18. The van der Waals surface area contributed by atoms with Gasteiger partial charge in [-0.25, -0.2) is 4.85 Å². The predicted molar refractivity (Wildman–Crippen MR) is 42.2 cm³/mol. The Hall–Kier alpha value is -1.29. The van der Waals surface area contributed by atoms with Crippen LogP contribution in [0.25, 0.3) is 4.85 Å². The molecule has 0 aliphatic carbocycles. The van der Waals surface area contributed by atoms with E-state index in [2.05, 4.69) is 4.85 Å². The van der Waals surface area contributed by atoms with Crippen LogP contribution in [0.2, 0.25) is 0 Å². The molecule has 1 heteroatoms. The zero-order valence-electron chi connectivity index (χ0n) is 8.02. The zero-order chi connectivity index (χ0) is 9.30. The monoisotopic (exact) mass is 133 g/mol. The minimum absolute atomic E-state index is 0.151. The summed E-state index contributed by atoms with van der Waals surface area (Å²) in [5.74, 6) is 0. The van der Waals surface area contributed by atoms with Crippen LogP contribution in [0.5, 0.6) is 0 Å². The Morgan fingerprint density at radius 2 is 2.20 bits per heavy atom. The van der Waals surface area contributed by atoms with E-state index in [1.807, 2.05) is 6.92 Å². The molecule has 0 bridgehead atoms. The fraction of sp³-hybridized carbons (Fsp3) is 0.222. The minimum Gasteiger partial charge on any atom is -0.238 e. The van der Waals surface area contributed by atoms with Crippen LogP contribution < -0.4 is 0 Å². The molecule has 50 valence electrons. The van der Waals surface area contributed by atoms with Gasteiger partial charge in [-0.15, -0.1) is 0 Å². The van der Waals surface area contributed by atoms with Crippen LogP contribution in [0.4, 0.5) is 5.69 Å². The normalized spacial score (nSPS) is 11.7. The summed E-state index contributed by atoms with van der Waals surface area (Å²) in [6.45, 7) is 10.4. The highest BCUT2D eigenvalue weighted by Crippen LogP contribution is 2.16. The van der Waals surface area contributed by atoms with E-state index >= 15 is 0 Å². The Kier molecular flexibility index (Phi) is 1.14. The molecule has 0 aromatic heterocycles. The molecule has 0 aliphatic heterocycles. The van der Waals surface area contributed by atoms with Gasteiger partial charge in [0.15, 0.2) is 5.69 Å². The Bertz CT molecular complexity index is 364. The summed E-state index contributed by atoms with van der Waals surface area (Å²) in [5.41, 5.74) is 1.84. The van der Waals surface area contributed by atoms with Crippen molar-refractivity contribution in [3.8, 4) is 0 Å². The molecule has 0 spiro atoms. The first-order chi connectivity index (χ1) is 5.57. The molecule has 0 fully saturated rings. The van der Waals surface area contributed by atoms with Gasteiger partial charge in [0.25, 0.3) is 0 Å². The number of aryl methyl sites for hydroxylation is 1. The molecule has 0 unspecified atom stereocenters. The second-order valence-electron chi connectivity index (χ2n) is 2.18. The molecule has 0 saturated heterocycles. The lowest BCUT2D eigenvalue weighted by atomic mass is 10.1. The van der Waals surface area contributed by atoms with Gasteiger partial charge in [0.05, 0.1) is 6.57 Å². The zero-order valence-corrected chi connectivity index (χ0v) is 6.02. The summed E-state index contributed by atoms with van der Waals surface area (Å²) in [5, 5.41) is 0. The van der Waals surface area contributed by atoms with E-state index in [-0.39, 0.29) is 17.8 Å². The maximum Gasteiger partial charge on any atom is 0.187 e. The predicted octanol–water partition coefficient (Wildman–Crippen LogP) is 2.85. The summed E-state index contributed by atoms with van der Waals surface area (Å²) in [6.07, 6.45) is 0. The Morgan fingerprint density at radius 1 is 1.50 bits per heavy atom. The largest absolute Gasteiger partial charge is 0.238 e. The van der Waals surface area contributed by atoms with Crippen LogP contribution in [0.1, 0.15) is 13.9 Å². The maximum atomic E-state index is 7.54. The summed E-state index contributed by atoms with van der Waals surface area (Å²) in [4.78, 5) is 3.15. The average Bonchev–Trinajstić information content (AvgIpc) is 2.01. The van der Waals surface area contributed by atoms with Crippen molar-refractivity contribution in [2.24, 2.45) is 0 Å². The van der Waals surface area contributed by atoms with Crippen LogP contribution in [0, 0.1) is 20.4 Å². The van der Waals surface area contributed by atoms with Crippen molar-refractivity contribution < 1.29 is 2.74 Å². The highest BCUT2D eigenvalue weighted by Gasteiger charge is 1.92. The van der Waals surface area contributed by atoms with Gasteiger partial charge in [0.1, 0.15) is 0 Å². The first-order valence-corrected chi connectivity index (χ1v) is 3.02. The molecule has 1 aromatic carbocycles. The number of hydrogen-bond donors (Lipinski definition) is 0. The van der Waals surface area contributed by atoms with Crippen molar-refractivity contribution in [3.05, 3.63) is 40.7 Å². The maximum absolute atomic E-state index is 7.54. The fourth-order valence-corrected chi connectivity index (χ4v) is 0.657. The van der Waals surface area contributed by atoms with Gasteiger partial charge in [-0.05, 0) is 13.8 Å². The average molecular weight is 133 g/mol. The van der Waals surface area contributed by atoms with Crippen molar-refractivity contribution >= 4 is 5.69 Å². The van der Waals surface area contributed by atoms with Crippen molar-refractivity contribution in [1.29, 1.82) is 0 Å². The van der Waals surface area contributed by atoms with Crippen molar-refractivity contribution in [2.45, 2.75) is 13.8 Å². The summed E-state index contributed by atoms with van der Waals surface area (Å²) < 4.78 is 15.0. The third kappa shape index (κ3) is 1.16. The molecule has 1 aromatic rings. The number of nitrogens with zero attached hydrogens (tertiary/aromatic N) is 1. The molecule has 0 N–H and O–H groups in total. The lowest BCUT2D eigenvalue weighted by molar-refractivity contribution is 1.35. The molecular weight excluding hydrogens is 122 g/mol. The molecule has 0 saturated carbocycles. The Morgan fingerprint density at radius 3 is 2.80 bits per heavy atom. The van der Waals surface area contributed by atoms with Gasteiger partial charge in [-0.3, -0.25) is 0 Å².